The van der Waals surface area contributed by atoms with E-state index in [-0.39, 0.29) is 22.9 Å². The van der Waals surface area contributed by atoms with Gasteiger partial charge in [-0.3, -0.25) is 10.1 Å². The molecule has 1 aliphatic heterocycles. The third-order valence-corrected chi connectivity index (χ3v) is 4.99. The van der Waals surface area contributed by atoms with Gasteiger partial charge in [0.25, 0.3) is 5.69 Å². The van der Waals surface area contributed by atoms with Crippen molar-refractivity contribution in [3.8, 4) is 17.6 Å². The zero-order valence-corrected chi connectivity index (χ0v) is 18.2. The minimum absolute atomic E-state index is 0.0240. The highest BCUT2D eigenvalue weighted by molar-refractivity contribution is 5.89. The van der Waals surface area contributed by atoms with Crippen molar-refractivity contribution in [3.05, 3.63) is 75.6 Å². The first kappa shape index (κ1) is 23.9. The molecule has 1 aliphatic rings. The Labute approximate surface area is 190 Å². The fourth-order valence-corrected chi connectivity index (χ4v) is 3.28. The molecule has 33 heavy (non-hydrogen) atoms. The maximum Gasteiger partial charge on any atom is 0.272 e. The summed E-state index contributed by atoms with van der Waals surface area (Å²) in [6, 6.07) is 10.4. The molecule has 0 aliphatic carbocycles. The summed E-state index contributed by atoms with van der Waals surface area (Å²) in [5.74, 6) is 0.163. The lowest BCUT2D eigenvalue weighted by Gasteiger charge is -2.23. The summed E-state index contributed by atoms with van der Waals surface area (Å²) in [4.78, 5) is 10.2. The minimum atomic E-state index is -0.845. The van der Waals surface area contributed by atoms with Crippen molar-refractivity contribution in [1.29, 1.82) is 5.26 Å². The number of rotatable bonds is 8. The first-order valence-electron chi connectivity index (χ1n) is 10.2. The van der Waals surface area contributed by atoms with Crippen LogP contribution in [0.3, 0.4) is 0 Å². The quantitative estimate of drug-likeness (QED) is 0.249. The van der Waals surface area contributed by atoms with Gasteiger partial charge in [-0.25, -0.2) is 4.39 Å². The van der Waals surface area contributed by atoms with Gasteiger partial charge < -0.3 is 18.9 Å². The van der Waals surface area contributed by atoms with Crippen LogP contribution in [-0.4, -0.2) is 44.6 Å². The summed E-state index contributed by atoms with van der Waals surface area (Å²) in [6.45, 7) is 3.65. The van der Waals surface area contributed by atoms with Crippen molar-refractivity contribution in [2.45, 2.75) is 13.0 Å². The zero-order chi connectivity index (χ0) is 23.8. The number of methoxy groups -OCH3 is 1. The predicted octanol–water partition coefficient (Wildman–Crippen LogP) is 4.55. The van der Waals surface area contributed by atoms with Crippen molar-refractivity contribution >= 4 is 16.8 Å². The number of nitro benzene ring substituents is 1. The highest BCUT2D eigenvalue weighted by Gasteiger charge is 2.17. The molecule has 0 bridgehead atoms. The van der Waals surface area contributed by atoms with Crippen LogP contribution in [0.25, 0.3) is 11.1 Å². The van der Waals surface area contributed by atoms with Gasteiger partial charge in [0.1, 0.15) is 18.5 Å². The van der Waals surface area contributed by atoms with Crippen molar-refractivity contribution in [1.82, 2.24) is 0 Å². The van der Waals surface area contributed by atoms with Gasteiger partial charge in [0.15, 0.2) is 11.5 Å². The summed E-state index contributed by atoms with van der Waals surface area (Å²) >= 11 is 0. The number of non-ortho nitro benzene ring substituents is 1. The van der Waals surface area contributed by atoms with E-state index in [4.69, 9.17) is 18.9 Å². The van der Waals surface area contributed by atoms with E-state index in [0.29, 0.717) is 49.1 Å². The number of ether oxygens (including phenoxy) is 4. The Kier molecular flexibility index (Phi) is 8.13. The number of hydrogen-bond donors (Lipinski definition) is 0. The molecule has 0 amide bonds. The van der Waals surface area contributed by atoms with Crippen LogP contribution in [0.5, 0.6) is 11.5 Å². The van der Waals surface area contributed by atoms with Crippen LogP contribution >= 0.6 is 0 Å². The van der Waals surface area contributed by atoms with Gasteiger partial charge in [-0.15, -0.1) is 0 Å². The van der Waals surface area contributed by atoms with Gasteiger partial charge in [0, 0.05) is 11.6 Å². The van der Waals surface area contributed by atoms with Gasteiger partial charge in [0.2, 0.25) is 0 Å². The fraction of sp³-hybridized carbons (Fsp3) is 0.292. The topological polar surface area (TPSA) is 104 Å². The number of allylic oxidation sites excluding steroid dienone is 4. The molecule has 0 radical (unpaired) electrons. The highest BCUT2D eigenvalue weighted by Crippen LogP contribution is 2.33. The lowest BCUT2D eigenvalue weighted by molar-refractivity contribution is -0.385. The number of hydrogen-bond acceptors (Lipinski definition) is 7. The smallest absolute Gasteiger partial charge is 0.272 e. The molecule has 1 atom stereocenters. The molecular weight excluding hydrogens is 431 g/mol. The predicted molar refractivity (Wildman–Crippen MR) is 119 cm³/mol. The van der Waals surface area contributed by atoms with Crippen molar-refractivity contribution < 1.29 is 28.3 Å². The van der Waals surface area contributed by atoms with Crippen LogP contribution in [-0.2, 0) is 9.47 Å². The second kappa shape index (κ2) is 11.2. The first-order chi connectivity index (χ1) is 16.0. The Balaban J connectivity index is 1.85. The summed E-state index contributed by atoms with van der Waals surface area (Å²) in [6.07, 6.45) is 3.13. The van der Waals surface area contributed by atoms with E-state index in [1.165, 1.54) is 19.3 Å². The van der Waals surface area contributed by atoms with E-state index in [9.17, 15) is 19.8 Å². The molecule has 1 saturated heterocycles. The molecule has 1 fully saturated rings. The maximum atomic E-state index is 14.4. The van der Waals surface area contributed by atoms with Gasteiger partial charge in [-0.1, -0.05) is 12.1 Å². The zero-order valence-electron chi connectivity index (χ0n) is 18.2. The third-order valence-electron chi connectivity index (χ3n) is 4.99. The van der Waals surface area contributed by atoms with Gasteiger partial charge in [0.05, 0.1) is 49.6 Å². The van der Waals surface area contributed by atoms with E-state index >= 15 is 0 Å². The molecule has 0 N–H and O–H groups in total. The number of nitriles is 1. The van der Waals surface area contributed by atoms with Gasteiger partial charge in [-0.2, -0.15) is 5.26 Å². The molecule has 9 heteroatoms. The van der Waals surface area contributed by atoms with Crippen LogP contribution in [0.15, 0.2) is 48.6 Å². The van der Waals surface area contributed by atoms with E-state index < -0.39 is 10.7 Å². The van der Waals surface area contributed by atoms with E-state index in [1.54, 1.807) is 31.2 Å². The molecule has 0 spiro atoms. The Morgan fingerprint density at radius 1 is 1.30 bits per heavy atom. The summed E-state index contributed by atoms with van der Waals surface area (Å²) in [5, 5.41) is 20.5. The van der Waals surface area contributed by atoms with E-state index in [2.05, 4.69) is 0 Å². The lowest BCUT2D eigenvalue weighted by Crippen LogP contribution is -2.33. The number of nitro groups is 1. The normalized spacial score (nSPS) is 16.7. The molecular formula is C24H23FN2O6. The SMILES string of the molecule is C/C=C(/C=C(\C#N)c1ccc([N+](=O)[O-])cc1F)c1ccc(OC[C@H]2COCCO2)c(OC)c1. The fourth-order valence-electron chi connectivity index (χ4n) is 3.28. The van der Waals surface area contributed by atoms with Crippen LogP contribution in [0.2, 0.25) is 0 Å². The molecule has 0 aromatic heterocycles. The average Bonchev–Trinajstić information content (AvgIpc) is 2.84. The van der Waals surface area contributed by atoms with Gasteiger partial charge >= 0.3 is 0 Å². The van der Waals surface area contributed by atoms with Crippen LogP contribution in [0.4, 0.5) is 10.1 Å². The Morgan fingerprint density at radius 2 is 2.12 bits per heavy atom. The monoisotopic (exact) mass is 454 g/mol. The van der Waals surface area contributed by atoms with Crippen LogP contribution in [0, 0.1) is 27.3 Å². The first-order valence-corrected chi connectivity index (χ1v) is 10.2. The molecule has 172 valence electrons. The third kappa shape index (κ3) is 5.94. The molecule has 8 nitrogen and oxygen atoms in total. The Hall–Kier alpha value is -3.74. The van der Waals surface area contributed by atoms with Crippen LogP contribution < -0.4 is 9.47 Å². The summed E-state index contributed by atoms with van der Waals surface area (Å²) < 4.78 is 36.7. The largest absolute Gasteiger partial charge is 0.493 e. The second-order valence-electron chi connectivity index (χ2n) is 7.08. The van der Waals surface area contributed by atoms with E-state index in [1.807, 2.05) is 6.07 Å². The van der Waals surface area contributed by atoms with E-state index in [0.717, 1.165) is 12.1 Å². The van der Waals surface area contributed by atoms with Gasteiger partial charge in [-0.05, 0) is 42.3 Å². The standard InChI is InChI=1S/C24H23FN2O6/c1-3-16(10-18(13-26)21-6-5-19(27(28)29)12-22(21)25)17-4-7-23(24(11-17)30-2)33-15-20-14-31-8-9-32-20/h3-7,10-12,20H,8-9,14-15H2,1-2H3/b16-3-,18-10+/t20-/m1/s1. The molecule has 0 unspecified atom stereocenters. The van der Waals surface area contributed by atoms with Crippen LogP contribution in [0.1, 0.15) is 18.1 Å². The average molecular weight is 454 g/mol. The van der Waals surface area contributed by atoms with Crippen molar-refractivity contribution in [2.24, 2.45) is 0 Å². The summed E-state index contributed by atoms with van der Waals surface area (Å²) in [7, 11) is 1.52. The minimum Gasteiger partial charge on any atom is -0.493 e. The maximum absolute atomic E-state index is 14.4. The highest BCUT2D eigenvalue weighted by atomic mass is 19.1. The lowest BCUT2D eigenvalue weighted by atomic mass is 9.98. The molecule has 3 rings (SSSR count). The molecule has 2 aromatic carbocycles. The second-order valence-corrected chi connectivity index (χ2v) is 7.08. The van der Waals surface area contributed by atoms with Crippen molar-refractivity contribution in [2.75, 3.05) is 33.5 Å². The number of nitrogens with zero attached hydrogens (tertiary/aromatic N) is 2. The number of benzene rings is 2. The Morgan fingerprint density at radius 3 is 2.73 bits per heavy atom. The van der Waals surface area contributed by atoms with Crippen molar-refractivity contribution in [3.63, 3.8) is 0 Å². The molecule has 1 heterocycles. The number of halogens is 1. The molecule has 2 aromatic rings. The molecule has 0 saturated carbocycles. The Bertz CT molecular complexity index is 1120. The summed E-state index contributed by atoms with van der Waals surface area (Å²) in [5.41, 5.74) is 0.978.